The number of alkyl halides is 3. The molecule has 0 saturated carbocycles. The fourth-order valence-corrected chi connectivity index (χ4v) is 1.55. The fraction of sp³-hybridized carbons (Fsp3) is 0.538. The number of rotatable bonds is 4. The van der Waals surface area contributed by atoms with Gasteiger partial charge in [-0.25, -0.2) is 0 Å². The summed E-state index contributed by atoms with van der Waals surface area (Å²) in [6.45, 7) is 5.30. The zero-order valence-corrected chi connectivity index (χ0v) is 10.7. The van der Waals surface area contributed by atoms with Crippen LogP contribution < -0.4 is 10.5 Å². The molecule has 0 aliphatic heterocycles. The van der Waals surface area contributed by atoms with E-state index in [9.17, 15) is 13.2 Å². The third-order valence-electron chi connectivity index (χ3n) is 2.61. The monoisotopic (exact) mass is 261 g/mol. The Bertz CT molecular complexity index is 371. The first-order valence-electron chi connectivity index (χ1n) is 5.80. The van der Waals surface area contributed by atoms with Gasteiger partial charge in [0.2, 0.25) is 6.10 Å². The van der Waals surface area contributed by atoms with E-state index < -0.39 is 18.3 Å². The molecule has 2 atom stereocenters. The Morgan fingerprint density at radius 2 is 1.56 bits per heavy atom. The molecule has 0 spiro atoms. The first-order chi connectivity index (χ1) is 8.21. The van der Waals surface area contributed by atoms with Gasteiger partial charge in [0.05, 0.1) is 0 Å². The van der Waals surface area contributed by atoms with Gasteiger partial charge in [-0.05, 0) is 30.5 Å². The Kier molecular flexibility index (Phi) is 4.62. The maximum atomic E-state index is 12.7. The highest BCUT2D eigenvalue weighted by molar-refractivity contribution is 5.29. The molecule has 0 saturated heterocycles. The second-order valence-corrected chi connectivity index (χ2v) is 4.66. The Labute approximate surface area is 105 Å². The van der Waals surface area contributed by atoms with E-state index >= 15 is 0 Å². The van der Waals surface area contributed by atoms with Crippen LogP contribution in [-0.4, -0.2) is 18.3 Å². The van der Waals surface area contributed by atoms with E-state index in [1.807, 2.05) is 13.8 Å². The molecule has 1 aromatic carbocycles. The zero-order chi connectivity index (χ0) is 13.9. The van der Waals surface area contributed by atoms with Crippen molar-refractivity contribution >= 4 is 0 Å². The van der Waals surface area contributed by atoms with Crippen LogP contribution in [0, 0.1) is 0 Å². The van der Waals surface area contributed by atoms with Gasteiger partial charge in [0.15, 0.2) is 0 Å². The average Bonchev–Trinajstić information content (AvgIpc) is 2.24. The lowest BCUT2D eigenvalue weighted by atomic mass is 10.0. The smallest absolute Gasteiger partial charge is 0.426 e. The zero-order valence-electron chi connectivity index (χ0n) is 10.7. The van der Waals surface area contributed by atoms with Crippen LogP contribution in [0.1, 0.15) is 32.3 Å². The van der Waals surface area contributed by atoms with Crippen molar-refractivity contribution in [1.82, 2.24) is 0 Å². The van der Waals surface area contributed by atoms with E-state index in [-0.39, 0.29) is 5.75 Å². The lowest BCUT2D eigenvalue weighted by molar-refractivity contribution is -0.199. The lowest BCUT2D eigenvalue weighted by Crippen LogP contribution is -2.47. The second-order valence-electron chi connectivity index (χ2n) is 4.66. The third kappa shape index (κ3) is 3.91. The van der Waals surface area contributed by atoms with Crippen molar-refractivity contribution in [3.63, 3.8) is 0 Å². The first kappa shape index (κ1) is 14.8. The predicted molar refractivity (Wildman–Crippen MR) is 64.7 cm³/mol. The van der Waals surface area contributed by atoms with Crippen molar-refractivity contribution in [3.8, 4) is 5.75 Å². The van der Waals surface area contributed by atoms with Gasteiger partial charge >= 0.3 is 6.18 Å². The molecule has 102 valence electrons. The van der Waals surface area contributed by atoms with E-state index in [0.717, 1.165) is 5.56 Å². The average molecular weight is 261 g/mol. The van der Waals surface area contributed by atoms with Crippen LogP contribution in [0.5, 0.6) is 5.75 Å². The molecule has 0 aliphatic rings. The predicted octanol–water partition coefficient (Wildman–Crippen LogP) is 3.47. The maximum absolute atomic E-state index is 12.7. The molecule has 0 heterocycles. The van der Waals surface area contributed by atoms with Crippen molar-refractivity contribution < 1.29 is 17.9 Å². The summed E-state index contributed by atoms with van der Waals surface area (Å²) in [5.74, 6) is 0.505. The van der Waals surface area contributed by atoms with Gasteiger partial charge in [-0.15, -0.1) is 0 Å². The number of nitrogens with two attached hydrogens (primary N) is 1. The van der Waals surface area contributed by atoms with Crippen LogP contribution >= 0.6 is 0 Å². The van der Waals surface area contributed by atoms with Crippen molar-refractivity contribution in [2.75, 3.05) is 0 Å². The van der Waals surface area contributed by atoms with Gasteiger partial charge in [-0.1, -0.05) is 26.0 Å². The minimum Gasteiger partial charge on any atom is -0.479 e. The molecule has 2 unspecified atom stereocenters. The van der Waals surface area contributed by atoms with Crippen molar-refractivity contribution in [3.05, 3.63) is 29.8 Å². The number of benzene rings is 1. The quantitative estimate of drug-likeness (QED) is 0.900. The summed E-state index contributed by atoms with van der Waals surface area (Å²) in [5.41, 5.74) is 6.35. The van der Waals surface area contributed by atoms with Crippen LogP contribution in [-0.2, 0) is 0 Å². The molecule has 0 amide bonds. The topological polar surface area (TPSA) is 35.2 Å². The van der Waals surface area contributed by atoms with Gasteiger partial charge in [0.25, 0.3) is 0 Å². The standard InChI is InChI=1S/C13H18F3NO/c1-8(2)10-4-6-11(7-5-10)18-12(9(3)17)13(14,15)16/h4-9,12H,17H2,1-3H3. The molecule has 2 N–H and O–H groups in total. The van der Waals surface area contributed by atoms with E-state index in [0.29, 0.717) is 5.92 Å². The largest absolute Gasteiger partial charge is 0.479 e. The van der Waals surface area contributed by atoms with Gasteiger partial charge in [0.1, 0.15) is 5.75 Å². The second kappa shape index (κ2) is 5.61. The summed E-state index contributed by atoms with van der Waals surface area (Å²) in [4.78, 5) is 0. The van der Waals surface area contributed by atoms with E-state index in [4.69, 9.17) is 10.5 Å². The lowest BCUT2D eigenvalue weighted by Gasteiger charge is -2.24. The van der Waals surface area contributed by atoms with Gasteiger partial charge < -0.3 is 10.5 Å². The minimum atomic E-state index is -4.47. The molecular formula is C13H18F3NO. The molecule has 0 bridgehead atoms. The summed E-state index contributed by atoms with van der Waals surface area (Å²) in [7, 11) is 0. The van der Waals surface area contributed by atoms with Crippen molar-refractivity contribution in [1.29, 1.82) is 0 Å². The van der Waals surface area contributed by atoms with Crippen LogP contribution in [0.25, 0.3) is 0 Å². The molecule has 0 aliphatic carbocycles. The Morgan fingerprint density at radius 1 is 1.06 bits per heavy atom. The van der Waals surface area contributed by atoms with Crippen molar-refractivity contribution in [2.45, 2.75) is 45.0 Å². The molecule has 0 aromatic heterocycles. The van der Waals surface area contributed by atoms with Crippen LogP contribution in [0.4, 0.5) is 13.2 Å². The summed E-state index contributed by atoms with van der Waals surface area (Å²) in [6, 6.07) is 5.48. The highest BCUT2D eigenvalue weighted by Crippen LogP contribution is 2.27. The SMILES string of the molecule is CC(C)c1ccc(OC(C(C)N)C(F)(F)F)cc1. The Balaban J connectivity index is 2.82. The van der Waals surface area contributed by atoms with Crippen LogP contribution in [0.3, 0.4) is 0 Å². The molecule has 1 rings (SSSR count). The summed E-state index contributed by atoms with van der Waals surface area (Å²) < 4.78 is 42.9. The van der Waals surface area contributed by atoms with Crippen LogP contribution in [0.15, 0.2) is 24.3 Å². The Hall–Kier alpha value is -1.23. The van der Waals surface area contributed by atoms with E-state index in [2.05, 4.69) is 0 Å². The normalized spacial score (nSPS) is 15.6. The van der Waals surface area contributed by atoms with E-state index in [1.54, 1.807) is 12.1 Å². The number of halogens is 3. The first-order valence-corrected chi connectivity index (χ1v) is 5.80. The molecule has 1 aromatic rings. The van der Waals surface area contributed by atoms with Crippen LogP contribution in [0.2, 0.25) is 0 Å². The molecule has 0 radical (unpaired) electrons. The van der Waals surface area contributed by atoms with Gasteiger partial charge in [0, 0.05) is 6.04 Å². The van der Waals surface area contributed by atoms with Gasteiger partial charge in [-0.2, -0.15) is 13.2 Å². The molecule has 2 nitrogen and oxygen atoms in total. The molecule has 0 fully saturated rings. The number of hydrogen-bond donors (Lipinski definition) is 1. The Morgan fingerprint density at radius 3 is 1.89 bits per heavy atom. The molecular weight excluding hydrogens is 243 g/mol. The number of ether oxygens (including phenoxy) is 1. The third-order valence-corrected chi connectivity index (χ3v) is 2.61. The highest BCUT2D eigenvalue weighted by atomic mass is 19.4. The van der Waals surface area contributed by atoms with Crippen molar-refractivity contribution in [2.24, 2.45) is 5.73 Å². The minimum absolute atomic E-state index is 0.180. The van der Waals surface area contributed by atoms with E-state index in [1.165, 1.54) is 19.1 Å². The highest BCUT2D eigenvalue weighted by Gasteiger charge is 2.44. The fourth-order valence-electron chi connectivity index (χ4n) is 1.55. The molecule has 5 heteroatoms. The summed E-state index contributed by atoms with van der Waals surface area (Å²) in [5, 5.41) is 0. The summed E-state index contributed by atoms with van der Waals surface area (Å²) in [6.07, 6.45) is -6.45. The summed E-state index contributed by atoms with van der Waals surface area (Å²) >= 11 is 0. The van der Waals surface area contributed by atoms with Gasteiger partial charge in [-0.3, -0.25) is 0 Å². The molecule has 18 heavy (non-hydrogen) atoms. The number of hydrogen-bond acceptors (Lipinski definition) is 2. The maximum Gasteiger partial charge on any atom is 0.426 e.